The Morgan fingerprint density at radius 1 is 1.33 bits per heavy atom. The van der Waals surface area contributed by atoms with Crippen molar-refractivity contribution < 1.29 is 19.2 Å². The average Bonchev–Trinajstić information content (AvgIpc) is 2.47. The van der Waals surface area contributed by atoms with Gasteiger partial charge in [0.2, 0.25) is 0 Å². The molecule has 0 fully saturated rings. The van der Waals surface area contributed by atoms with Crippen LogP contribution in [0.5, 0.6) is 5.75 Å². The number of hydrogen-bond acceptors (Lipinski definition) is 3. The Bertz CT molecular complexity index is 660. The number of methoxy groups -OCH3 is 1. The summed E-state index contributed by atoms with van der Waals surface area (Å²) in [4.78, 5) is 11.5. The minimum absolute atomic E-state index is 0.0382. The van der Waals surface area contributed by atoms with E-state index >= 15 is 0 Å². The number of ether oxygens (including phenoxy) is 1. The zero-order chi connectivity index (χ0) is 15.4. The van der Waals surface area contributed by atoms with Gasteiger partial charge in [-0.3, -0.25) is 0 Å². The predicted molar refractivity (Wildman–Crippen MR) is 81.5 cm³/mol. The molecule has 0 spiro atoms. The highest BCUT2D eigenvalue weighted by Crippen LogP contribution is 2.25. The first-order valence-corrected chi connectivity index (χ1v) is 7.75. The van der Waals surface area contributed by atoms with E-state index in [2.05, 4.69) is 0 Å². The summed E-state index contributed by atoms with van der Waals surface area (Å²) in [5.74, 6) is -0.274. The van der Waals surface area contributed by atoms with Gasteiger partial charge >= 0.3 is 5.97 Å². The fourth-order valence-corrected chi connectivity index (χ4v) is 3.28. The highest BCUT2D eigenvalue weighted by atomic mass is 35.5. The highest BCUT2D eigenvalue weighted by molar-refractivity contribution is 7.90. The van der Waals surface area contributed by atoms with Crippen molar-refractivity contribution in [1.82, 2.24) is 0 Å². The number of carbonyl (C=O) groups is 1. The summed E-state index contributed by atoms with van der Waals surface area (Å²) in [5.41, 5.74) is 0.766. The molecular formula is C15H13ClO4S. The third-order valence-electron chi connectivity index (χ3n) is 2.85. The van der Waals surface area contributed by atoms with Crippen LogP contribution < -0.4 is 4.74 Å². The van der Waals surface area contributed by atoms with Crippen LogP contribution in [0.15, 0.2) is 47.4 Å². The maximum absolute atomic E-state index is 12.4. The minimum atomic E-state index is -1.48. The smallest absolute Gasteiger partial charge is 0.340 e. The van der Waals surface area contributed by atoms with Crippen LogP contribution in [0.2, 0.25) is 5.02 Å². The van der Waals surface area contributed by atoms with Crippen molar-refractivity contribution in [3.63, 3.8) is 0 Å². The third-order valence-corrected chi connectivity index (χ3v) is 4.53. The summed E-state index contributed by atoms with van der Waals surface area (Å²) >= 11 is 4.31. The minimum Gasteiger partial charge on any atom is -0.611 e. The SMILES string of the molecule is COc1cccc(C[S+]([O-])c2ccc(Cl)cc2C(=O)O)c1. The highest BCUT2D eigenvalue weighted by Gasteiger charge is 2.21. The van der Waals surface area contributed by atoms with Gasteiger partial charge in [0.15, 0.2) is 4.90 Å². The number of rotatable bonds is 5. The summed E-state index contributed by atoms with van der Waals surface area (Å²) in [5, 5.41) is 9.47. The van der Waals surface area contributed by atoms with Gasteiger partial charge < -0.3 is 14.4 Å². The molecule has 0 radical (unpaired) electrons. The summed E-state index contributed by atoms with van der Waals surface area (Å²) in [6.07, 6.45) is 0. The molecular weight excluding hydrogens is 312 g/mol. The standard InChI is InChI=1S/C15H13ClO4S/c1-20-12-4-2-3-10(7-12)9-21(19)14-6-5-11(16)8-13(14)15(17)18/h2-8H,9H2,1H3,(H,17,18). The second-order valence-electron chi connectivity index (χ2n) is 4.29. The number of halogens is 1. The fraction of sp³-hybridized carbons (Fsp3) is 0.133. The van der Waals surface area contributed by atoms with Gasteiger partial charge in [0, 0.05) is 10.6 Å². The van der Waals surface area contributed by atoms with Crippen LogP contribution in [-0.2, 0) is 16.9 Å². The molecule has 0 aliphatic rings. The molecule has 2 aromatic carbocycles. The molecule has 0 heterocycles. The Hall–Kier alpha value is -1.69. The number of benzene rings is 2. The molecule has 1 N–H and O–H groups in total. The van der Waals surface area contributed by atoms with Crippen LogP contribution in [0.4, 0.5) is 0 Å². The molecule has 0 bridgehead atoms. The topological polar surface area (TPSA) is 69.6 Å². The summed E-state index contributed by atoms with van der Waals surface area (Å²) in [6.45, 7) is 0. The van der Waals surface area contributed by atoms with Crippen LogP contribution in [-0.4, -0.2) is 22.7 Å². The molecule has 0 aliphatic heterocycles. The van der Waals surface area contributed by atoms with Gasteiger partial charge in [-0.2, -0.15) is 0 Å². The lowest BCUT2D eigenvalue weighted by molar-refractivity contribution is 0.0692. The molecule has 1 atom stereocenters. The predicted octanol–water partition coefficient (Wildman–Crippen LogP) is 3.35. The molecule has 1 unspecified atom stereocenters. The van der Waals surface area contributed by atoms with E-state index in [-0.39, 0.29) is 16.2 Å². The van der Waals surface area contributed by atoms with Crippen molar-refractivity contribution in [2.75, 3.05) is 7.11 Å². The van der Waals surface area contributed by atoms with Crippen molar-refractivity contribution in [3.05, 3.63) is 58.6 Å². The van der Waals surface area contributed by atoms with Crippen molar-refractivity contribution in [2.24, 2.45) is 0 Å². The maximum atomic E-state index is 12.4. The van der Waals surface area contributed by atoms with E-state index in [0.29, 0.717) is 10.8 Å². The largest absolute Gasteiger partial charge is 0.611 e. The normalized spacial score (nSPS) is 12.0. The summed E-state index contributed by atoms with van der Waals surface area (Å²) in [6, 6.07) is 11.5. The lowest BCUT2D eigenvalue weighted by Crippen LogP contribution is -2.11. The molecule has 0 aliphatic carbocycles. The van der Waals surface area contributed by atoms with Gasteiger partial charge in [-0.25, -0.2) is 4.79 Å². The van der Waals surface area contributed by atoms with Crippen LogP contribution >= 0.6 is 11.6 Å². The Balaban J connectivity index is 2.27. The Labute approximate surface area is 130 Å². The first kappa shape index (κ1) is 15.7. The van der Waals surface area contributed by atoms with Crippen LogP contribution in [0.3, 0.4) is 0 Å². The van der Waals surface area contributed by atoms with Crippen LogP contribution in [0, 0.1) is 0 Å². The molecule has 0 saturated heterocycles. The number of aromatic carboxylic acids is 1. The average molecular weight is 325 g/mol. The van der Waals surface area contributed by atoms with Gasteiger partial charge in [0.25, 0.3) is 0 Å². The van der Waals surface area contributed by atoms with E-state index < -0.39 is 17.1 Å². The monoisotopic (exact) mass is 324 g/mol. The Kier molecular flexibility index (Phi) is 5.12. The summed E-state index contributed by atoms with van der Waals surface area (Å²) < 4.78 is 17.5. The first-order valence-electron chi connectivity index (χ1n) is 6.05. The molecule has 6 heteroatoms. The lowest BCUT2D eigenvalue weighted by atomic mass is 10.2. The van der Waals surface area contributed by atoms with Gasteiger partial charge in [-0.1, -0.05) is 23.7 Å². The zero-order valence-corrected chi connectivity index (χ0v) is 12.8. The van der Waals surface area contributed by atoms with Crippen molar-refractivity contribution in [3.8, 4) is 5.75 Å². The zero-order valence-electron chi connectivity index (χ0n) is 11.2. The van der Waals surface area contributed by atoms with Crippen molar-refractivity contribution in [1.29, 1.82) is 0 Å². The van der Waals surface area contributed by atoms with Gasteiger partial charge in [0.05, 0.1) is 7.11 Å². The second kappa shape index (κ2) is 6.85. The van der Waals surface area contributed by atoms with E-state index in [4.69, 9.17) is 16.3 Å². The summed E-state index contributed by atoms with van der Waals surface area (Å²) in [7, 11) is 1.55. The van der Waals surface area contributed by atoms with Gasteiger partial charge in [-0.15, -0.1) is 0 Å². The Morgan fingerprint density at radius 3 is 2.76 bits per heavy atom. The van der Waals surface area contributed by atoms with Gasteiger partial charge in [0.1, 0.15) is 17.1 Å². The number of carboxylic acids is 1. The van der Waals surface area contributed by atoms with E-state index in [1.54, 1.807) is 25.3 Å². The second-order valence-corrected chi connectivity index (χ2v) is 6.14. The molecule has 4 nitrogen and oxygen atoms in total. The molecule has 21 heavy (non-hydrogen) atoms. The molecule has 0 aromatic heterocycles. The van der Waals surface area contributed by atoms with E-state index in [9.17, 15) is 14.5 Å². The molecule has 2 aromatic rings. The number of carboxylic acid groups (broad SMARTS) is 1. The van der Waals surface area contributed by atoms with Gasteiger partial charge in [-0.05, 0) is 41.5 Å². The molecule has 0 saturated carbocycles. The van der Waals surface area contributed by atoms with Crippen LogP contribution in [0.25, 0.3) is 0 Å². The molecule has 110 valence electrons. The maximum Gasteiger partial charge on any atom is 0.340 e. The van der Waals surface area contributed by atoms with E-state index in [1.165, 1.54) is 18.2 Å². The first-order chi connectivity index (χ1) is 10.0. The van der Waals surface area contributed by atoms with Crippen molar-refractivity contribution >= 4 is 28.7 Å². The van der Waals surface area contributed by atoms with E-state index in [0.717, 1.165) is 5.56 Å². The van der Waals surface area contributed by atoms with E-state index in [1.807, 2.05) is 6.07 Å². The number of hydrogen-bond donors (Lipinski definition) is 1. The molecule has 2 rings (SSSR count). The lowest BCUT2D eigenvalue weighted by Gasteiger charge is -2.13. The van der Waals surface area contributed by atoms with Crippen molar-refractivity contribution in [2.45, 2.75) is 10.6 Å². The third kappa shape index (κ3) is 3.91. The quantitative estimate of drug-likeness (QED) is 0.856. The van der Waals surface area contributed by atoms with Crippen LogP contribution in [0.1, 0.15) is 15.9 Å². The Morgan fingerprint density at radius 2 is 2.10 bits per heavy atom. The molecule has 0 amide bonds. The fourth-order valence-electron chi connectivity index (χ4n) is 1.86.